The van der Waals surface area contributed by atoms with Crippen molar-refractivity contribution in [3.63, 3.8) is 0 Å². The summed E-state index contributed by atoms with van der Waals surface area (Å²) < 4.78 is 29.4. The molecule has 0 bridgehead atoms. The van der Waals surface area contributed by atoms with Gasteiger partial charge in [-0.15, -0.1) is 0 Å². The van der Waals surface area contributed by atoms with E-state index < -0.39 is 10.0 Å². The van der Waals surface area contributed by atoms with E-state index in [0.717, 1.165) is 5.56 Å². The Hall–Kier alpha value is -3.69. The topological polar surface area (TPSA) is 106 Å². The number of anilines is 1. The molecule has 0 spiro atoms. The van der Waals surface area contributed by atoms with Gasteiger partial charge in [0.2, 0.25) is 0 Å². The fourth-order valence-corrected chi connectivity index (χ4v) is 4.38. The number of nitrogens with one attached hydrogen (secondary N) is 2. The van der Waals surface area contributed by atoms with Crippen molar-refractivity contribution >= 4 is 33.2 Å². The minimum atomic E-state index is -3.81. The maximum atomic E-state index is 12.9. The summed E-state index contributed by atoms with van der Waals surface area (Å²) in [4.78, 5) is 16.9. The fraction of sp³-hybridized carbons (Fsp3) is 0.0870. The zero-order valence-electron chi connectivity index (χ0n) is 17.3. The lowest BCUT2D eigenvalue weighted by Crippen LogP contribution is -2.31. The van der Waals surface area contributed by atoms with Crippen LogP contribution in [0, 0.1) is 0 Å². The number of sulfonamides is 1. The van der Waals surface area contributed by atoms with Gasteiger partial charge in [-0.2, -0.15) is 5.10 Å². The van der Waals surface area contributed by atoms with Crippen molar-refractivity contribution in [2.75, 3.05) is 4.72 Å². The van der Waals surface area contributed by atoms with Gasteiger partial charge in [0.1, 0.15) is 12.7 Å². The first-order chi connectivity index (χ1) is 15.9. The number of hydrogen-bond acceptors (Lipinski definition) is 5. The third-order valence-electron chi connectivity index (χ3n) is 4.87. The van der Waals surface area contributed by atoms with E-state index in [9.17, 15) is 13.2 Å². The average Bonchev–Trinajstić information content (AvgIpc) is 3.34. The summed E-state index contributed by atoms with van der Waals surface area (Å²) in [5.74, 6) is -0.335. The molecule has 8 nitrogen and oxygen atoms in total. The Morgan fingerprint density at radius 3 is 2.30 bits per heavy atom. The van der Waals surface area contributed by atoms with Crippen molar-refractivity contribution in [2.24, 2.45) is 0 Å². The number of rotatable bonds is 8. The Labute approximate surface area is 196 Å². The molecule has 0 saturated carbocycles. The van der Waals surface area contributed by atoms with Crippen molar-refractivity contribution in [1.29, 1.82) is 0 Å². The number of benzene rings is 3. The number of carbonyl (C=O) groups excluding carboxylic acids is 1. The summed E-state index contributed by atoms with van der Waals surface area (Å²) in [6, 6.07) is 21.2. The van der Waals surface area contributed by atoms with Gasteiger partial charge in [-0.05, 0) is 54.1 Å². The van der Waals surface area contributed by atoms with Crippen molar-refractivity contribution in [1.82, 2.24) is 20.1 Å². The molecule has 1 heterocycles. The molecule has 4 rings (SSSR count). The number of aromatic nitrogens is 3. The van der Waals surface area contributed by atoms with E-state index in [1.165, 1.54) is 30.6 Å². The smallest absolute Gasteiger partial charge is 0.261 e. The second kappa shape index (κ2) is 9.85. The maximum Gasteiger partial charge on any atom is 0.261 e. The first-order valence-corrected chi connectivity index (χ1v) is 11.8. The Kier molecular flexibility index (Phi) is 6.71. The molecule has 1 unspecified atom stereocenters. The molecule has 1 aromatic heterocycles. The third kappa shape index (κ3) is 5.76. The van der Waals surface area contributed by atoms with Crippen LogP contribution in [-0.4, -0.2) is 29.1 Å². The summed E-state index contributed by atoms with van der Waals surface area (Å²) >= 11 is 5.84. The van der Waals surface area contributed by atoms with Crippen LogP contribution in [0.1, 0.15) is 22.0 Å². The van der Waals surface area contributed by atoms with Gasteiger partial charge in [0.15, 0.2) is 0 Å². The van der Waals surface area contributed by atoms with E-state index in [4.69, 9.17) is 11.6 Å². The number of halogens is 1. The van der Waals surface area contributed by atoms with Crippen LogP contribution >= 0.6 is 11.6 Å². The predicted molar refractivity (Wildman–Crippen MR) is 125 cm³/mol. The van der Waals surface area contributed by atoms with Gasteiger partial charge in [-0.3, -0.25) is 14.2 Å². The molecule has 1 atom stereocenters. The van der Waals surface area contributed by atoms with Gasteiger partial charge in [-0.25, -0.2) is 13.4 Å². The van der Waals surface area contributed by atoms with Crippen LogP contribution < -0.4 is 10.0 Å². The second-order valence-corrected chi connectivity index (χ2v) is 9.31. The predicted octanol–water partition coefficient (Wildman–Crippen LogP) is 3.90. The highest BCUT2D eigenvalue weighted by Gasteiger charge is 2.19. The highest BCUT2D eigenvalue weighted by molar-refractivity contribution is 7.92. The van der Waals surface area contributed by atoms with Crippen LogP contribution in [0.4, 0.5) is 5.69 Å². The van der Waals surface area contributed by atoms with Crippen LogP contribution in [0.15, 0.2) is 96.4 Å². The molecule has 4 aromatic rings. The van der Waals surface area contributed by atoms with E-state index in [1.54, 1.807) is 35.3 Å². The highest BCUT2D eigenvalue weighted by Crippen LogP contribution is 2.20. The monoisotopic (exact) mass is 481 g/mol. The van der Waals surface area contributed by atoms with E-state index in [1.807, 2.05) is 30.3 Å². The van der Waals surface area contributed by atoms with Gasteiger partial charge < -0.3 is 5.32 Å². The molecule has 0 saturated heterocycles. The number of amides is 1. The van der Waals surface area contributed by atoms with E-state index >= 15 is 0 Å². The third-order valence-corrected chi connectivity index (χ3v) is 6.52. The Balaban J connectivity index is 1.49. The largest absolute Gasteiger partial charge is 0.343 e. The zero-order chi connectivity index (χ0) is 23.3. The zero-order valence-corrected chi connectivity index (χ0v) is 18.9. The molecular formula is C23H20ClN5O3S. The van der Waals surface area contributed by atoms with Crippen LogP contribution in [0.3, 0.4) is 0 Å². The van der Waals surface area contributed by atoms with Gasteiger partial charge in [0, 0.05) is 16.3 Å². The molecular weight excluding hydrogens is 462 g/mol. The lowest BCUT2D eigenvalue weighted by Gasteiger charge is -2.19. The maximum absolute atomic E-state index is 12.9. The van der Waals surface area contributed by atoms with Crippen LogP contribution in [-0.2, 0) is 16.6 Å². The SMILES string of the molecule is O=C(NC(Cn1cncn1)c1ccccc1)c1ccc(S(=O)(=O)Nc2ccc(Cl)cc2)cc1. The minimum Gasteiger partial charge on any atom is -0.343 e. The second-order valence-electron chi connectivity index (χ2n) is 7.19. The van der Waals surface area contributed by atoms with Crippen LogP contribution in [0.5, 0.6) is 0 Å². The molecule has 0 aliphatic carbocycles. The average molecular weight is 482 g/mol. The molecule has 0 aliphatic heterocycles. The molecule has 2 N–H and O–H groups in total. The summed E-state index contributed by atoms with van der Waals surface area (Å²) in [5.41, 5.74) is 1.63. The molecule has 3 aromatic carbocycles. The van der Waals surface area contributed by atoms with Crippen molar-refractivity contribution in [3.05, 3.63) is 108 Å². The van der Waals surface area contributed by atoms with E-state index in [0.29, 0.717) is 22.8 Å². The fourth-order valence-electron chi connectivity index (χ4n) is 3.19. The molecule has 1 amide bonds. The number of carbonyl (C=O) groups is 1. The first kappa shape index (κ1) is 22.5. The summed E-state index contributed by atoms with van der Waals surface area (Å²) in [5, 5.41) is 7.60. The van der Waals surface area contributed by atoms with Crippen molar-refractivity contribution in [2.45, 2.75) is 17.5 Å². The minimum absolute atomic E-state index is 0.0382. The highest BCUT2D eigenvalue weighted by atomic mass is 35.5. The Bertz CT molecular complexity index is 1310. The van der Waals surface area contributed by atoms with Gasteiger partial charge in [-0.1, -0.05) is 41.9 Å². The van der Waals surface area contributed by atoms with Gasteiger partial charge >= 0.3 is 0 Å². The molecule has 10 heteroatoms. The summed E-state index contributed by atoms with van der Waals surface area (Å²) in [6.07, 6.45) is 3.01. The number of nitrogens with zero attached hydrogens (tertiary/aromatic N) is 3. The van der Waals surface area contributed by atoms with E-state index in [-0.39, 0.29) is 16.8 Å². The van der Waals surface area contributed by atoms with Gasteiger partial charge in [0.05, 0.1) is 17.5 Å². The molecule has 33 heavy (non-hydrogen) atoms. The number of hydrogen-bond donors (Lipinski definition) is 2. The molecule has 0 aliphatic rings. The van der Waals surface area contributed by atoms with Gasteiger partial charge in [0.25, 0.3) is 15.9 Å². The van der Waals surface area contributed by atoms with Crippen molar-refractivity contribution in [3.8, 4) is 0 Å². The van der Waals surface area contributed by atoms with E-state index in [2.05, 4.69) is 20.1 Å². The van der Waals surface area contributed by atoms with Crippen molar-refractivity contribution < 1.29 is 13.2 Å². The molecule has 168 valence electrons. The lowest BCUT2D eigenvalue weighted by atomic mass is 10.1. The Morgan fingerprint density at radius 2 is 1.67 bits per heavy atom. The Morgan fingerprint density at radius 1 is 0.970 bits per heavy atom. The standard InChI is InChI=1S/C23H20ClN5O3S/c24-19-8-10-20(11-9-19)28-33(31,32)21-12-6-18(7-13-21)23(30)27-22(14-29-16-25-15-26-29)17-4-2-1-3-5-17/h1-13,15-16,22,28H,14H2,(H,27,30). The first-order valence-electron chi connectivity index (χ1n) is 9.97. The van der Waals surface area contributed by atoms with Crippen LogP contribution in [0.2, 0.25) is 5.02 Å². The molecule has 0 radical (unpaired) electrons. The molecule has 0 fully saturated rings. The quantitative estimate of drug-likeness (QED) is 0.397. The van der Waals surface area contributed by atoms with Crippen LogP contribution in [0.25, 0.3) is 0 Å². The summed E-state index contributed by atoms with van der Waals surface area (Å²) in [6.45, 7) is 0.396. The lowest BCUT2D eigenvalue weighted by molar-refractivity contribution is 0.0931. The normalized spacial score (nSPS) is 12.2. The summed E-state index contributed by atoms with van der Waals surface area (Å²) in [7, 11) is -3.81.